The molecule has 0 spiro atoms. The zero-order valence-corrected chi connectivity index (χ0v) is 10.4. The van der Waals surface area contributed by atoms with Crippen molar-refractivity contribution in [1.82, 2.24) is 0 Å². The standard InChI is InChI=1S/C15H17NO2/c1-17-15-8-7-12(9-10-18-16)11-14(15)13-5-3-2-4-6-13/h2-8,11H,9-10,16H2,1H3. The van der Waals surface area contributed by atoms with E-state index in [2.05, 4.69) is 23.0 Å². The van der Waals surface area contributed by atoms with Crippen LogP contribution in [0.15, 0.2) is 48.5 Å². The number of methoxy groups -OCH3 is 1. The van der Waals surface area contributed by atoms with Gasteiger partial charge in [-0.25, -0.2) is 5.90 Å². The van der Waals surface area contributed by atoms with Crippen LogP contribution >= 0.6 is 0 Å². The van der Waals surface area contributed by atoms with Crippen LogP contribution in [0.5, 0.6) is 5.75 Å². The molecule has 0 aliphatic carbocycles. The second-order valence-electron chi connectivity index (χ2n) is 4.02. The van der Waals surface area contributed by atoms with E-state index in [0.29, 0.717) is 6.61 Å². The van der Waals surface area contributed by atoms with E-state index < -0.39 is 0 Å². The Morgan fingerprint density at radius 2 is 1.83 bits per heavy atom. The van der Waals surface area contributed by atoms with Crippen LogP contribution in [0.2, 0.25) is 0 Å². The quantitative estimate of drug-likeness (QED) is 0.821. The lowest BCUT2D eigenvalue weighted by molar-refractivity contribution is 0.141. The largest absolute Gasteiger partial charge is 0.496 e. The Labute approximate surface area is 107 Å². The van der Waals surface area contributed by atoms with Crippen LogP contribution in [-0.2, 0) is 11.3 Å². The van der Waals surface area contributed by atoms with E-state index in [9.17, 15) is 0 Å². The van der Waals surface area contributed by atoms with Crippen LogP contribution in [0, 0.1) is 0 Å². The molecule has 3 nitrogen and oxygen atoms in total. The third kappa shape index (κ3) is 2.88. The smallest absolute Gasteiger partial charge is 0.126 e. The van der Waals surface area contributed by atoms with Gasteiger partial charge in [-0.1, -0.05) is 36.4 Å². The fourth-order valence-electron chi connectivity index (χ4n) is 1.93. The van der Waals surface area contributed by atoms with Crippen molar-refractivity contribution in [2.45, 2.75) is 6.42 Å². The fourth-order valence-corrected chi connectivity index (χ4v) is 1.93. The molecule has 2 rings (SSSR count). The summed E-state index contributed by atoms with van der Waals surface area (Å²) in [5.41, 5.74) is 3.41. The van der Waals surface area contributed by atoms with Crippen LogP contribution in [0.3, 0.4) is 0 Å². The summed E-state index contributed by atoms with van der Waals surface area (Å²) in [6.07, 6.45) is 0.792. The van der Waals surface area contributed by atoms with Crippen LogP contribution in [0.1, 0.15) is 5.56 Å². The van der Waals surface area contributed by atoms with Crippen LogP contribution in [0.25, 0.3) is 11.1 Å². The molecule has 0 amide bonds. The molecule has 2 N–H and O–H groups in total. The first-order chi connectivity index (χ1) is 8.85. The second-order valence-corrected chi connectivity index (χ2v) is 4.02. The number of benzene rings is 2. The lowest BCUT2D eigenvalue weighted by atomic mass is 10.0. The molecule has 0 bridgehead atoms. The van der Waals surface area contributed by atoms with Crippen LogP contribution < -0.4 is 10.6 Å². The molecule has 3 heteroatoms. The summed E-state index contributed by atoms with van der Waals surface area (Å²) in [4.78, 5) is 4.62. The van der Waals surface area contributed by atoms with Gasteiger partial charge in [0.25, 0.3) is 0 Å². The maximum absolute atomic E-state index is 5.40. The predicted octanol–water partition coefficient (Wildman–Crippen LogP) is 2.80. The molecule has 0 unspecified atom stereocenters. The van der Waals surface area contributed by atoms with Crippen molar-refractivity contribution in [3.8, 4) is 16.9 Å². The van der Waals surface area contributed by atoms with E-state index in [4.69, 9.17) is 10.6 Å². The molecule has 0 fully saturated rings. The Bertz CT molecular complexity index is 497. The minimum atomic E-state index is 0.514. The first-order valence-corrected chi connectivity index (χ1v) is 5.89. The van der Waals surface area contributed by atoms with Gasteiger partial charge < -0.3 is 9.57 Å². The van der Waals surface area contributed by atoms with Crippen molar-refractivity contribution >= 4 is 0 Å². The maximum atomic E-state index is 5.40. The molecule has 0 aliphatic rings. The van der Waals surface area contributed by atoms with Crippen molar-refractivity contribution in [1.29, 1.82) is 0 Å². The van der Waals surface area contributed by atoms with Gasteiger partial charge in [0, 0.05) is 5.56 Å². The van der Waals surface area contributed by atoms with E-state index in [1.807, 2.05) is 30.3 Å². The Kier molecular flexibility index (Phi) is 4.34. The SMILES string of the molecule is COc1ccc(CCON)cc1-c1ccccc1. The molecule has 2 aromatic carbocycles. The Hall–Kier alpha value is -1.84. The highest BCUT2D eigenvalue weighted by Gasteiger charge is 2.06. The zero-order valence-electron chi connectivity index (χ0n) is 10.4. The number of ether oxygens (including phenoxy) is 1. The van der Waals surface area contributed by atoms with Gasteiger partial charge in [-0.2, -0.15) is 0 Å². The lowest BCUT2D eigenvalue weighted by Crippen LogP contribution is -2.03. The number of hydrogen-bond donors (Lipinski definition) is 1. The molecule has 0 aliphatic heterocycles. The Morgan fingerprint density at radius 3 is 2.50 bits per heavy atom. The summed E-state index contributed by atoms with van der Waals surface area (Å²) in [6.45, 7) is 0.514. The molecule has 0 radical (unpaired) electrons. The molecule has 0 saturated heterocycles. The summed E-state index contributed by atoms with van der Waals surface area (Å²) in [7, 11) is 1.68. The van der Waals surface area contributed by atoms with Gasteiger partial charge in [-0.3, -0.25) is 0 Å². The maximum Gasteiger partial charge on any atom is 0.126 e. The van der Waals surface area contributed by atoms with Gasteiger partial charge in [-0.15, -0.1) is 0 Å². The van der Waals surface area contributed by atoms with Crippen LogP contribution in [-0.4, -0.2) is 13.7 Å². The van der Waals surface area contributed by atoms with Gasteiger partial charge in [-0.05, 0) is 29.7 Å². The first kappa shape index (κ1) is 12.6. The third-order valence-corrected chi connectivity index (χ3v) is 2.86. The summed E-state index contributed by atoms with van der Waals surface area (Å²) in [5.74, 6) is 5.93. The molecule has 0 saturated carbocycles. The van der Waals surface area contributed by atoms with Gasteiger partial charge in [0.05, 0.1) is 13.7 Å². The molecule has 0 atom stereocenters. The number of hydrogen-bond acceptors (Lipinski definition) is 3. The topological polar surface area (TPSA) is 44.5 Å². The summed E-state index contributed by atoms with van der Waals surface area (Å²) >= 11 is 0. The summed E-state index contributed by atoms with van der Waals surface area (Å²) < 4.78 is 5.40. The highest BCUT2D eigenvalue weighted by atomic mass is 16.6. The van der Waals surface area contributed by atoms with E-state index in [-0.39, 0.29) is 0 Å². The molecule has 94 valence electrons. The van der Waals surface area contributed by atoms with Crippen molar-refractivity contribution < 1.29 is 9.57 Å². The fraction of sp³-hybridized carbons (Fsp3) is 0.200. The van der Waals surface area contributed by atoms with Gasteiger partial charge >= 0.3 is 0 Å². The van der Waals surface area contributed by atoms with Crippen molar-refractivity contribution in [2.24, 2.45) is 5.90 Å². The number of nitrogens with two attached hydrogens (primary N) is 1. The predicted molar refractivity (Wildman–Crippen MR) is 72.3 cm³/mol. The minimum Gasteiger partial charge on any atom is -0.496 e. The summed E-state index contributed by atoms with van der Waals surface area (Å²) in [6, 6.07) is 16.3. The van der Waals surface area contributed by atoms with Gasteiger partial charge in [0.1, 0.15) is 5.75 Å². The molecular weight excluding hydrogens is 226 g/mol. The lowest BCUT2D eigenvalue weighted by Gasteiger charge is -2.11. The zero-order chi connectivity index (χ0) is 12.8. The molecule has 0 aromatic heterocycles. The Morgan fingerprint density at radius 1 is 1.06 bits per heavy atom. The minimum absolute atomic E-state index is 0.514. The first-order valence-electron chi connectivity index (χ1n) is 5.89. The van der Waals surface area contributed by atoms with Gasteiger partial charge in [0.2, 0.25) is 0 Å². The average Bonchev–Trinajstić information content (AvgIpc) is 2.45. The summed E-state index contributed by atoms with van der Waals surface area (Å²) in [5, 5.41) is 0. The van der Waals surface area contributed by atoms with E-state index in [0.717, 1.165) is 23.3 Å². The van der Waals surface area contributed by atoms with Crippen molar-refractivity contribution in [3.05, 3.63) is 54.1 Å². The molecule has 2 aromatic rings. The van der Waals surface area contributed by atoms with E-state index in [1.54, 1.807) is 7.11 Å². The Balaban J connectivity index is 2.37. The van der Waals surface area contributed by atoms with Crippen molar-refractivity contribution in [2.75, 3.05) is 13.7 Å². The van der Waals surface area contributed by atoms with E-state index in [1.165, 1.54) is 5.56 Å². The monoisotopic (exact) mass is 243 g/mol. The second kappa shape index (κ2) is 6.19. The highest BCUT2D eigenvalue weighted by Crippen LogP contribution is 2.30. The number of rotatable bonds is 5. The highest BCUT2D eigenvalue weighted by molar-refractivity contribution is 5.71. The van der Waals surface area contributed by atoms with Gasteiger partial charge in [0.15, 0.2) is 0 Å². The third-order valence-electron chi connectivity index (χ3n) is 2.86. The van der Waals surface area contributed by atoms with Crippen LogP contribution in [0.4, 0.5) is 0 Å². The normalized spacial score (nSPS) is 10.3. The van der Waals surface area contributed by atoms with E-state index >= 15 is 0 Å². The molecule has 18 heavy (non-hydrogen) atoms. The molecular formula is C15H17NO2. The molecule has 0 heterocycles. The van der Waals surface area contributed by atoms with Crippen molar-refractivity contribution in [3.63, 3.8) is 0 Å². The average molecular weight is 243 g/mol.